The zero-order valence-electron chi connectivity index (χ0n) is 13.3. The number of amides is 2. The summed E-state index contributed by atoms with van der Waals surface area (Å²) >= 11 is 6.12. The van der Waals surface area contributed by atoms with Gasteiger partial charge in [0.2, 0.25) is 11.8 Å². The smallest absolute Gasteiger partial charge is 0.235 e. The molecule has 2 amide bonds. The molecular formula is C17H21Cl2N3O2. The first kappa shape index (κ1) is 17.5. The molecule has 2 N–H and O–H groups in total. The molecule has 5 nitrogen and oxygen atoms in total. The number of fused-ring (bicyclic) bond motifs is 4. The van der Waals surface area contributed by atoms with Crippen molar-refractivity contribution in [3.63, 3.8) is 0 Å². The molecule has 5 rings (SSSR count). The Bertz CT molecular complexity index is 674. The lowest BCUT2D eigenvalue weighted by Gasteiger charge is -2.48. The van der Waals surface area contributed by atoms with Gasteiger partial charge in [0.1, 0.15) is 0 Å². The molecule has 3 saturated heterocycles. The van der Waals surface area contributed by atoms with Gasteiger partial charge in [0, 0.05) is 23.7 Å². The Kier molecular flexibility index (Phi) is 4.78. The summed E-state index contributed by atoms with van der Waals surface area (Å²) in [6.45, 7) is 3.17. The van der Waals surface area contributed by atoms with Crippen molar-refractivity contribution in [3.05, 3.63) is 28.8 Å². The number of anilines is 1. The van der Waals surface area contributed by atoms with Crippen molar-refractivity contribution >= 4 is 41.5 Å². The zero-order chi connectivity index (χ0) is 16.1. The van der Waals surface area contributed by atoms with Crippen LogP contribution < -0.4 is 10.6 Å². The highest BCUT2D eigenvalue weighted by Gasteiger charge is 2.46. The Morgan fingerprint density at radius 3 is 2.58 bits per heavy atom. The number of nitrogens with zero attached hydrogens (tertiary/aromatic N) is 2. The number of hydrogen-bond acceptors (Lipinski definition) is 3. The third-order valence-electron chi connectivity index (χ3n) is 5.52. The quantitative estimate of drug-likeness (QED) is 0.887. The van der Waals surface area contributed by atoms with E-state index in [9.17, 15) is 9.59 Å². The minimum absolute atomic E-state index is 0. The van der Waals surface area contributed by atoms with Crippen LogP contribution in [0.3, 0.4) is 0 Å². The molecule has 0 aliphatic carbocycles. The van der Waals surface area contributed by atoms with Crippen molar-refractivity contribution in [2.75, 3.05) is 24.5 Å². The number of hydrogen-bond donors (Lipinski definition) is 1. The van der Waals surface area contributed by atoms with Crippen LogP contribution in [0, 0.1) is 5.92 Å². The second-order valence-electron chi connectivity index (χ2n) is 6.84. The first-order valence-electron chi connectivity index (χ1n) is 8.18. The lowest BCUT2D eigenvalue weighted by Crippen LogP contribution is -2.58. The van der Waals surface area contributed by atoms with Gasteiger partial charge >= 0.3 is 0 Å². The van der Waals surface area contributed by atoms with Crippen LogP contribution in [0.5, 0.6) is 0 Å². The minimum atomic E-state index is -0.489. The predicted molar refractivity (Wildman–Crippen MR) is 95.7 cm³/mol. The molecule has 1 aromatic carbocycles. The summed E-state index contributed by atoms with van der Waals surface area (Å²) in [5.74, 6) is -0.402. The molecule has 130 valence electrons. The van der Waals surface area contributed by atoms with Gasteiger partial charge in [-0.15, -0.1) is 12.4 Å². The van der Waals surface area contributed by atoms with E-state index in [4.69, 9.17) is 17.3 Å². The summed E-state index contributed by atoms with van der Waals surface area (Å²) in [5, 5.41) is 0.585. The average Bonchev–Trinajstić information content (AvgIpc) is 2.80. The predicted octanol–water partition coefficient (Wildman–Crippen LogP) is 2.16. The van der Waals surface area contributed by atoms with E-state index in [2.05, 4.69) is 4.90 Å². The maximum absolute atomic E-state index is 13.0. The molecule has 3 fully saturated rings. The van der Waals surface area contributed by atoms with E-state index in [1.54, 1.807) is 0 Å². The van der Waals surface area contributed by atoms with Crippen LogP contribution in [0.4, 0.5) is 5.69 Å². The lowest BCUT2D eigenvalue weighted by molar-refractivity contribution is -0.125. The van der Waals surface area contributed by atoms with Gasteiger partial charge in [-0.3, -0.25) is 9.59 Å². The van der Waals surface area contributed by atoms with Gasteiger partial charge in [-0.1, -0.05) is 11.6 Å². The van der Waals surface area contributed by atoms with E-state index in [0.717, 1.165) is 43.7 Å². The van der Waals surface area contributed by atoms with Gasteiger partial charge < -0.3 is 15.5 Å². The van der Waals surface area contributed by atoms with E-state index >= 15 is 0 Å². The van der Waals surface area contributed by atoms with Crippen molar-refractivity contribution in [3.8, 4) is 0 Å². The number of primary amides is 1. The Morgan fingerprint density at radius 1 is 1.29 bits per heavy atom. The summed E-state index contributed by atoms with van der Waals surface area (Å²) in [4.78, 5) is 28.8. The van der Waals surface area contributed by atoms with Crippen LogP contribution in [0.1, 0.15) is 30.7 Å². The highest BCUT2D eigenvalue weighted by Crippen LogP contribution is 2.44. The van der Waals surface area contributed by atoms with Crippen LogP contribution in [0.25, 0.3) is 0 Å². The van der Waals surface area contributed by atoms with Gasteiger partial charge in [0.05, 0.1) is 12.0 Å². The summed E-state index contributed by atoms with van der Waals surface area (Å²) in [7, 11) is 0. The number of carbonyl (C=O) groups excluding carboxylic acids is 2. The second kappa shape index (κ2) is 6.54. The van der Waals surface area contributed by atoms with Gasteiger partial charge in [-0.2, -0.15) is 0 Å². The van der Waals surface area contributed by atoms with Crippen molar-refractivity contribution in [1.29, 1.82) is 0 Å². The fourth-order valence-corrected chi connectivity index (χ4v) is 4.59. The molecule has 0 spiro atoms. The largest absolute Gasteiger partial charge is 0.370 e. The molecule has 4 aliphatic heterocycles. The highest BCUT2D eigenvalue weighted by molar-refractivity contribution is 6.31. The number of carbonyl (C=O) groups is 2. The summed E-state index contributed by atoms with van der Waals surface area (Å²) < 4.78 is 0. The fraction of sp³-hybridized carbons (Fsp3) is 0.529. The Balaban J connectivity index is 0.00000169. The SMILES string of the molecule is Cl.NC(=O)CC1C(=O)N(C2CN3CCC2CC3)c2ccc(Cl)cc21. The molecule has 4 heterocycles. The first-order valence-corrected chi connectivity index (χ1v) is 8.55. The van der Waals surface area contributed by atoms with E-state index in [1.807, 2.05) is 23.1 Å². The maximum Gasteiger partial charge on any atom is 0.235 e. The van der Waals surface area contributed by atoms with Crippen molar-refractivity contribution in [2.24, 2.45) is 11.7 Å². The standard InChI is InChI=1S/C17H20ClN3O2.ClH/c18-11-1-2-14-12(7-11)13(8-16(19)22)17(23)21(14)15-9-20-5-3-10(15)4-6-20;/h1-2,7,10,13,15H,3-6,8-9H2,(H2,19,22);1H. The van der Waals surface area contributed by atoms with Gasteiger partial charge in [-0.25, -0.2) is 0 Å². The minimum Gasteiger partial charge on any atom is -0.370 e. The summed E-state index contributed by atoms with van der Waals surface area (Å²) in [5.41, 5.74) is 7.12. The van der Waals surface area contributed by atoms with Crippen molar-refractivity contribution in [1.82, 2.24) is 4.90 Å². The average molecular weight is 370 g/mol. The number of benzene rings is 1. The van der Waals surface area contributed by atoms with Crippen LogP contribution >= 0.6 is 24.0 Å². The second-order valence-corrected chi connectivity index (χ2v) is 7.28. The zero-order valence-corrected chi connectivity index (χ0v) is 14.9. The molecule has 0 saturated carbocycles. The topological polar surface area (TPSA) is 66.6 Å². The molecule has 7 heteroatoms. The molecular weight excluding hydrogens is 349 g/mol. The Hall–Kier alpha value is -1.30. The number of nitrogens with two attached hydrogens (primary N) is 1. The van der Waals surface area contributed by atoms with Gasteiger partial charge in [-0.05, 0) is 55.6 Å². The Labute approximate surface area is 152 Å². The number of rotatable bonds is 3. The van der Waals surface area contributed by atoms with Gasteiger partial charge in [0.15, 0.2) is 0 Å². The molecule has 0 radical (unpaired) electrons. The van der Waals surface area contributed by atoms with E-state index in [1.165, 1.54) is 0 Å². The summed E-state index contributed by atoms with van der Waals surface area (Å²) in [6.07, 6.45) is 2.32. The number of halogens is 2. The highest BCUT2D eigenvalue weighted by atomic mass is 35.5. The number of piperidine rings is 3. The van der Waals surface area contributed by atoms with Crippen LogP contribution in [-0.4, -0.2) is 42.4 Å². The lowest BCUT2D eigenvalue weighted by atomic mass is 9.83. The van der Waals surface area contributed by atoms with Crippen LogP contribution in [0.2, 0.25) is 5.02 Å². The van der Waals surface area contributed by atoms with Crippen LogP contribution in [0.15, 0.2) is 18.2 Å². The molecule has 1 aromatic rings. The normalized spacial score (nSPS) is 30.9. The summed E-state index contributed by atoms with van der Waals surface area (Å²) in [6, 6.07) is 5.73. The molecule has 0 aromatic heterocycles. The fourth-order valence-electron chi connectivity index (χ4n) is 4.41. The van der Waals surface area contributed by atoms with E-state index < -0.39 is 11.8 Å². The Morgan fingerprint density at radius 2 is 2.00 bits per heavy atom. The van der Waals surface area contributed by atoms with E-state index in [0.29, 0.717) is 10.9 Å². The molecule has 2 bridgehead atoms. The third kappa shape index (κ3) is 2.79. The van der Waals surface area contributed by atoms with Crippen molar-refractivity contribution < 1.29 is 9.59 Å². The third-order valence-corrected chi connectivity index (χ3v) is 5.75. The molecule has 2 unspecified atom stereocenters. The monoisotopic (exact) mass is 369 g/mol. The molecule has 24 heavy (non-hydrogen) atoms. The van der Waals surface area contributed by atoms with Gasteiger partial charge in [0.25, 0.3) is 0 Å². The molecule has 2 atom stereocenters. The first-order chi connectivity index (χ1) is 11.0. The van der Waals surface area contributed by atoms with E-state index in [-0.39, 0.29) is 30.8 Å². The van der Waals surface area contributed by atoms with Crippen LogP contribution in [-0.2, 0) is 9.59 Å². The van der Waals surface area contributed by atoms with Crippen molar-refractivity contribution in [2.45, 2.75) is 31.2 Å². The maximum atomic E-state index is 13.0. The molecule has 4 aliphatic rings.